The molecule has 1 nitrogen and oxygen atoms in total. The van der Waals surface area contributed by atoms with E-state index in [1.54, 1.807) is 12.1 Å². The first-order valence-corrected chi connectivity index (χ1v) is 7.40. The molecule has 0 bridgehead atoms. The summed E-state index contributed by atoms with van der Waals surface area (Å²) in [6.07, 6.45) is 0.578. The lowest BCUT2D eigenvalue weighted by molar-refractivity contribution is 0.175. The molecule has 2 aromatic rings. The van der Waals surface area contributed by atoms with Crippen molar-refractivity contribution in [3.63, 3.8) is 0 Å². The number of rotatable bonds is 4. The molecule has 0 saturated carbocycles. The maximum absolute atomic E-state index is 10.3. The van der Waals surface area contributed by atoms with Crippen molar-refractivity contribution in [1.82, 2.24) is 0 Å². The van der Waals surface area contributed by atoms with E-state index < -0.39 is 6.10 Å². The summed E-state index contributed by atoms with van der Waals surface area (Å²) in [5, 5.41) is 11.5. The molecule has 0 aliphatic heterocycles. The topological polar surface area (TPSA) is 20.2 Å². The van der Waals surface area contributed by atoms with Gasteiger partial charge < -0.3 is 5.11 Å². The van der Waals surface area contributed by atoms with E-state index in [0.29, 0.717) is 22.9 Å². The lowest BCUT2D eigenvalue weighted by Gasteiger charge is -2.15. The number of aliphatic hydroxyl groups excluding tert-OH is 1. The molecule has 20 heavy (non-hydrogen) atoms. The van der Waals surface area contributed by atoms with Crippen LogP contribution in [-0.4, -0.2) is 11.2 Å². The van der Waals surface area contributed by atoms with Gasteiger partial charge in [-0.25, -0.2) is 0 Å². The van der Waals surface area contributed by atoms with Gasteiger partial charge in [0.25, 0.3) is 0 Å². The van der Waals surface area contributed by atoms with Crippen molar-refractivity contribution < 1.29 is 5.11 Å². The summed E-state index contributed by atoms with van der Waals surface area (Å²) in [4.78, 5) is 0. The highest BCUT2D eigenvalue weighted by Crippen LogP contribution is 2.26. The third-order valence-corrected chi connectivity index (χ3v) is 4.17. The zero-order valence-electron chi connectivity index (χ0n) is 11.7. The Bertz CT molecular complexity index is 588. The van der Waals surface area contributed by atoms with Crippen LogP contribution in [0.25, 0.3) is 0 Å². The Labute approximate surface area is 130 Å². The fourth-order valence-electron chi connectivity index (χ4n) is 2.31. The smallest absolute Gasteiger partial charge is 0.0622 e. The van der Waals surface area contributed by atoms with Crippen molar-refractivity contribution in [3.8, 4) is 0 Å². The van der Waals surface area contributed by atoms with E-state index >= 15 is 0 Å². The van der Waals surface area contributed by atoms with Crippen molar-refractivity contribution in [3.05, 3.63) is 68.7 Å². The van der Waals surface area contributed by atoms with Gasteiger partial charge in [-0.3, -0.25) is 0 Å². The molecule has 0 aliphatic carbocycles. The standard InChI is InChI=1S/C17H18Cl2O/c1-11-6-7-12(2)13(8-11)9-14(20)10-15-16(18)4-3-5-17(15)19/h3-8,14,20H,9-10H2,1-2H3. The normalized spacial score (nSPS) is 12.4. The molecule has 0 saturated heterocycles. The predicted molar refractivity (Wildman–Crippen MR) is 85.8 cm³/mol. The quantitative estimate of drug-likeness (QED) is 0.863. The first-order valence-electron chi connectivity index (χ1n) is 6.64. The second kappa shape index (κ2) is 6.62. The Hall–Kier alpha value is -1.02. The van der Waals surface area contributed by atoms with Gasteiger partial charge in [0.2, 0.25) is 0 Å². The molecule has 2 rings (SSSR count). The monoisotopic (exact) mass is 308 g/mol. The van der Waals surface area contributed by atoms with Crippen LogP contribution in [0.3, 0.4) is 0 Å². The molecule has 0 heterocycles. The first-order chi connectivity index (χ1) is 9.47. The van der Waals surface area contributed by atoms with Crippen LogP contribution in [0.1, 0.15) is 22.3 Å². The van der Waals surface area contributed by atoms with Crippen LogP contribution < -0.4 is 0 Å². The second-order valence-electron chi connectivity index (χ2n) is 5.19. The number of hydrogen-bond acceptors (Lipinski definition) is 1. The van der Waals surface area contributed by atoms with Crippen LogP contribution >= 0.6 is 23.2 Å². The fourth-order valence-corrected chi connectivity index (χ4v) is 2.86. The predicted octanol–water partition coefficient (Wildman–Crippen LogP) is 4.76. The molecule has 0 aromatic heterocycles. The number of aryl methyl sites for hydroxylation is 2. The van der Waals surface area contributed by atoms with Gasteiger partial charge in [-0.15, -0.1) is 0 Å². The van der Waals surface area contributed by atoms with E-state index in [4.69, 9.17) is 23.2 Å². The maximum Gasteiger partial charge on any atom is 0.0622 e. The third-order valence-electron chi connectivity index (χ3n) is 3.46. The molecule has 3 heteroatoms. The molecule has 0 fully saturated rings. The minimum absolute atomic E-state index is 0.464. The summed E-state index contributed by atoms with van der Waals surface area (Å²) >= 11 is 12.3. The van der Waals surface area contributed by atoms with Crippen molar-refractivity contribution in [2.75, 3.05) is 0 Å². The summed E-state index contributed by atoms with van der Waals surface area (Å²) in [5.41, 5.74) is 4.38. The van der Waals surface area contributed by atoms with Crippen molar-refractivity contribution in [1.29, 1.82) is 0 Å². The van der Waals surface area contributed by atoms with E-state index in [0.717, 1.165) is 5.56 Å². The highest BCUT2D eigenvalue weighted by molar-refractivity contribution is 6.35. The van der Waals surface area contributed by atoms with Crippen molar-refractivity contribution in [2.45, 2.75) is 32.8 Å². The second-order valence-corrected chi connectivity index (χ2v) is 6.01. The van der Waals surface area contributed by atoms with Crippen LogP contribution in [0.2, 0.25) is 10.0 Å². The molecule has 106 valence electrons. The van der Waals surface area contributed by atoms with E-state index in [9.17, 15) is 5.11 Å². The highest BCUT2D eigenvalue weighted by Gasteiger charge is 2.13. The Morgan fingerprint density at radius 3 is 2.30 bits per heavy atom. The van der Waals surface area contributed by atoms with Crippen LogP contribution in [0.15, 0.2) is 36.4 Å². The lowest BCUT2D eigenvalue weighted by atomic mass is 9.97. The van der Waals surface area contributed by atoms with Gasteiger partial charge in [-0.2, -0.15) is 0 Å². The Morgan fingerprint density at radius 1 is 1.00 bits per heavy atom. The number of halogens is 2. The van der Waals surface area contributed by atoms with Gasteiger partial charge in [0.15, 0.2) is 0 Å². The zero-order valence-corrected chi connectivity index (χ0v) is 13.2. The summed E-state index contributed by atoms with van der Waals surface area (Å²) in [5.74, 6) is 0. The minimum atomic E-state index is -0.493. The fraction of sp³-hybridized carbons (Fsp3) is 0.294. The summed E-state index contributed by atoms with van der Waals surface area (Å²) in [6.45, 7) is 4.12. The molecule has 1 N–H and O–H groups in total. The average Bonchev–Trinajstić information content (AvgIpc) is 2.38. The molecular weight excluding hydrogens is 291 g/mol. The third kappa shape index (κ3) is 3.76. The zero-order chi connectivity index (χ0) is 14.7. The molecule has 0 amide bonds. The number of hydrogen-bond donors (Lipinski definition) is 1. The van der Waals surface area contributed by atoms with E-state index in [1.807, 2.05) is 6.07 Å². The van der Waals surface area contributed by atoms with Gasteiger partial charge in [0.1, 0.15) is 0 Å². The first kappa shape index (κ1) is 15.4. The van der Waals surface area contributed by atoms with Crippen molar-refractivity contribution >= 4 is 23.2 Å². The SMILES string of the molecule is Cc1ccc(C)c(CC(O)Cc2c(Cl)cccc2Cl)c1. The Kier molecular flexibility index (Phi) is 5.09. The van der Waals surface area contributed by atoms with Gasteiger partial charge in [0, 0.05) is 16.5 Å². The molecule has 0 aliphatic rings. The Morgan fingerprint density at radius 2 is 1.65 bits per heavy atom. The van der Waals surface area contributed by atoms with Gasteiger partial charge >= 0.3 is 0 Å². The summed E-state index contributed by atoms with van der Waals surface area (Å²) in [6, 6.07) is 11.7. The van der Waals surface area contributed by atoms with Crippen LogP contribution in [0.5, 0.6) is 0 Å². The van der Waals surface area contributed by atoms with E-state index in [1.165, 1.54) is 16.7 Å². The van der Waals surface area contributed by atoms with Gasteiger partial charge in [0.05, 0.1) is 6.10 Å². The largest absolute Gasteiger partial charge is 0.392 e. The molecular formula is C17H18Cl2O. The van der Waals surface area contributed by atoms with Crippen LogP contribution in [0.4, 0.5) is 0 Å². The molecule has 2 aromatic carbocycles. The summed E-state index contributed by atoms with van der Waals surface area (Å²) in [7, 11) is 0. The van der Waals surface area contributed by atoms with E-state index in [2.05, 4.69) is 32.0 Å². The van der Waals surface area contributed by atoms with E-state index in [-0.39, 0.29) is 0 Å². The van der Waals surface area contributed by atoms with Gasteiger partial charge in [-0.1, -0.05) is 53.0 Å². The molecule has 0 radical (unpaired) electrons. The number of benzene rings is 2. The molecule has 0 spiro atoms. The summed E-state index contributed by atoms with van der Waals surface area (Å²) < 4.78 is 0. The Balaban J connectivity index is 2.13. The molecule has 1 atom stereocenters. The maximum atomic E-state index is 10.3. The van der Waals surface area contributed by atoms with Crippen LogP contribution in [-0.2, 0) is 12.8 Å². The average molecular weight is 309 g/mol. The lowest BCUT2D eigenvalue weighted by Crippen LogP contribution is -2.15. The highest BCUT2D eigenvalue weighted by atomic mass is 35.5. The van der Waals surface area contributed by atoms with Crippen LogP contribution in [0, 0.1) is 13.8 Å². The van der Waals surface area contributed by atoms with Crippen molar-refractivity contribution in [2.24, 2.45) is 0 Å². The van der Waals surface area contributed by atoms with Gasteiger partial charge in [-0.05, 0) is 49.1 Å². The minimum Gasteiger partial charge on any atom is -0.392 e. The number of aliphatic hydroxyl groups is 1. The molecule has 1 unspecified atom stereocenters.